The Morgan fingerprint density at radius 3 is 2.94 bits per heavy atom. The van der Waals surface area contributed by atoms with Crippen molar-refractivity contribution in [3.05, 3.63) is 11.5 Å². The summed E-state index contributed by atoms with van der Waals surface area (Å²) in [4.78, 5) is 7.81. The Morgan fingerprint density at radius 2 is 2.18 bits per heavy atom. The van der Waals surface area contributed by atoms with E-state index in [9.17, 15) is 0 Å². The predicted octanol–water partition coefficient (Wildman–Crippen LogP) is 2.08. The second-order valence-corrected chi connectivity index (χ2v) is 4.49. The van der Waals surface area contributed by atoms with Crippen molar-refractivity contribution >= 4 is 23.1 Å². The minimum atomic E-state index is 0.277. The highest BCUT2D eigenvalue weighted by Crippen LogP contribution is 2.22. The van der Waals surface area contributed by atoms with Crippen molar-refractivity contribution in [2.45, 2.75) is 31.8 Å². The highest BCUT2D eigenvalue weighted by Gasteiger charge is 2.14. The summed E-state index contributed by atoms with van der Waals surface area (Å²) in [5.74, 6) is 0.569. The molecule has 1 aliphatic rings. The topological polar surface area (TPSA) is 73.1 Å². The molecule has 1 aliphatic carbocycles. The van der Waals surface area contributed by atoms with Gasteiger partial charge in [-0.05, 0) is 12.8 Å². The SMILES string of the molecule is Nc1c(Cl)ncnc1NCCOC1CCCC1. The molecule has 0 radical (unpaired) electrons. The highest BCUT2D eigenvalue weighted by molar-refractivity contribution is 6.32. The van der Waals surface area contributed by atoms with E-state index in [1.807, 2.05) is 0 Å². The lowest BCUT2D eigenvalue weighted by atomic mass is 10.3. The zero-order valence-electron chi connectivity index (χ0n) is 9.66. The van der Waals surface area contributed by atoms with E-state index in [1.54, 1.807) is 0 Å². The van der Waals surface area contributed by atoms with E-state index in [0.717, 1.165) is 0 Å². The molecule has 1 aromatic rings. The molecular weight excluding hydrogens is 240 g/mol. The molecule has 6 heteroatoms. The van der Waals surface area contributed by atoms with Crippen molar-refractivity contribution in [2.75, 3.05) is 24.2 Å². The quantitative estimate of drug-likeness (QED) is 0.623. The van der Waals surface area contributed by atoms with Crippen molar-refractivity contribution in [3.8, 4) is 0 Å². The first-order valence-corrected chi connectivity index (χ1v) is 6.26. The first-order valence-electron chi connectivity index (χ1n) is 5.89. The maximum absolute atomic E-state index is 5.78. The van der Waals surface area contributed by atoms with Crippen molar-refractivity contribution in [2.24, 2.45) is 0 Å². The summed E-state index contributed by atoms with van der Waals surface area (Å²) in [7, 11) is 0. The number of halogens is 1. The minimum absolute atomic E-state index is 0.277. The second-order valence-electron chi connectivity index (χ2n) is 4.13. The van der Waals surface area contributed by atoms with Gasteiger partial charge in [-0.25, -0.2) is 9.97 Å². The lowest BCUT2D eigenvalue weighted by molar-refractivity contribution is 0.0659. The number of hydrogen-bond donors (Lipinski definition) is 2. The van der Waals surface area contributed by atoms with Gasteiger partial charge in [0.15, 0.2) is 11.0 Å². The molecule has 2 rings (SSSR count). The average molecular weight is 257 g/mol. The van der Waals surface area contributed by atoms with E-state index in [2.05, 4.69) is 15.3 Å². The Balaban J connectivity index is 1.72. The van der Waals surface area contributed by atoms with Gasteiger partial charge in [0.2, 0.25) is 0 Å². The number of nitrogens with one attached hydrogen (secondary N) is 1. The van der Waals surface area contributed by atoms with Crippen molar-refractivity contribution < 1.29 is 4.74 Å². The molecule has 0 bridgehead atoms. The summed E-state index contributed by atoms with van der Waals surface area (Å²) in [6.45, 7) is 1.33. The number of aromatic nitrogens is 2. The monoisotopic (exact) mass is 256 g/mol. The molecule has 0 atom stereocenters. The van der Waals surface area contributed by atoms with E-state index >= 15 is 0 Å². The van der Waals surface area contributed by atoms with Crippen molar-refractivity contribution in [1.29, 1.82) is 0 Å². The number of hydrogen-bond acceptors (Lipinski definition) is 5. The van der Waals surface area contributed by atoms with Gasteiger partial charge in [-0.15, -0.1) is 0 Å². The van der Waals surface area contributed by atoms with Crippen LogP contribution in [0.2, 0.25) is 5.15 Å². The van der Waals surface area contributed by atoms with Gasteiger partial charge >= 0.3 is 0 Å². The molecule has 3 N–H and O–H groups in total. The van der Waals surface area contributed by atoms with Crippen LogP contribution < -0.4 is 11.1 Å². The van der Waals surface area contributed by atoms with Gasteiger partial charge in [0.1, 0.15) is 12.0 Å². The third-order valence-electron chi connectivity index (χ3n) is 2.89. The number of nitrogens with zero attached hydrogens (tertiary/aromatic N) is 2. The molecule has 0 saturated heterocycles. The van der Waals surface area contributed by atoms with Crippen molar-refractivity contribution in [3.63, 3.8) is 0 Å². The number of anilines is 2. The maximum atomic E-state index is 5.78. The third-order valence-corrected chi connectivity index (χ3v) is 3.19. The summed E-state index contributed by atoms with van der Waals surface area (Å²) in [5, 5.41) is 3.37. The van der Waals surface area contributed by atoms with Crippen LogP contribution in [0.25, 0.3) is 0 Å². The van der Waals surface area contributed by atoms with Gasteiger partial charge < -0.3 is 15.8 Å². The van der Waals surface area contributed by atoms with Crippen LogP contribution >= 0.6 is 11.6 Å². The standard InChI is InChI=1S/C11H17ClN4O/c12-10-9(13)11(16-7-15-10)14-5-6-17-8-3-1-2-4-8/h7-8H,1-6,13H2,(H,14,15,16). The number of nitrogens with two attached hydrogens (primary N) is 1. The first kappa shape index (κ1) is 12.4. The third kappa shape index (κ3) is 3.44. The Labute approximate surface area is 106 Å². The van der Waals surface area contributed by atoms with Crippen LogP contribution in [0.1, 0.15) is 25.7 Å². The van der Waals surface area contributed by atoms with Crippen LogP contribution in [0.15, 0.2) is 6.33 Å². The Hall–Kier alpha value is -1.07. The van der Waals surface area contributed by atoms with E-state index in [-0.39, 0.29) is 5.15 Å². The van der Waals surface area contributed by atoms with Gasteiger partial charge in [0.05, 0.1) is 12.7 Å². The van der Waals surface area contributed by atoms with E-state index in [4.69, 9.17) is 22.1 Å². The molecule has 1 fully saturated rings. The largest absolute Gasteiger partial charge is 0.393 e. The molecule has 0 unspecified atom stereocenters. The summed E-state index contributed by atoms with van der Waals surface area (Å²) >= 11 is 5.78. The van der Waals surface area contributed by atoms with E-state index < -0.39 is 0 Å². The van der Waals surface area contributed by atoms with Crippen LogP contribution in [0, 0.1) is 0 Å². The minimum Gasteiger partial charge on any atom is -0.393 e. The fourth-order valence-corrected chi connectivity index (χ4v) is 2.10. The normalized spacial score (nSPS) is 16.3. The lowest BCUT2D eigenvalue weighted by Gasteiger charge is -2.12. The van der Waals surface area contributed by atoms with Crippen LogP contribution in [0.5, 0.6) is 0 Å². The van der Waals surface area contributed by atoms with E-state index in [1.165, 1.54) is 32.0 Å². The summed E-state index contributed by atoms with van der Waals surface area (Å²) in [6, 6.07) is 0. The fourth-order valence-electron chi connectivity index (χ4n) is 1.96. The Bertz CT molecular complexity index is 368. The molecule has 5 nitrogen and oxygen atoms in total. The zero-order chi connectivity index (χ0) is 12.1. The number of rotatable bonds is 5. The highest BCUT2D eigenvalue weighted by atomic mass is 35.5. The Kier molecular flexibility index (Phi) is 4.39. The molecule has 94 valence electrons. The van der Waals surface area contributed by atoms with Crippen molar-refractivity contribution in [1.82, 2.24) is 9.97 Å². The molecule has 0 spiro atoms. The van der Waals surface area contributed by atoms with Crippen LogP contribution in [-0.2, 0) is 4.74 Å². The maximum Gasteiger partial charge on any atom is 0.157 e. The molecule has 17 heavy (non-hydrogen) atoms. The zero-order valence-corrected chi connectivity index (χ0v) is 10.4. The number of ether oxygens (including phenoxy) is 1. The molecule has 0 aliphatic heterocycles. The lowest BCUT2D eigenvalue weighted by Crippen LogP contribution is -2.16. The first-order chi connectivity index (χ1) is 8.27. The van der Waals surface area contributed by atoms with Gasteiger partial charge in [0, 0.05) is 6.54 Å². The predicted molar refractivity (Wildman–Crippen MR) is 68.2 cm³/mol. The molecule has 1 heterocycles. The van der Waals surface area contributed by atoms with Gasteiger partial charge in [-0.3, -0.25) is 0 Å². The molecule has 0 amide bonds. The van der Waals surface area contributed by atoms with Crippen LogP contribution in [0.3, 0.4) is 0 Å². The molecule has 0 aromatic carbocycles. The molecular formula is C11H17ClN4O. The second kappa shape index (κ2) is 6.02. The number of nitrogen functional groups attached to an aromatic ring is 1. The smallest absolute Gasteiger partial charge is 0.157 e. The van der Waals surface area contributed by atoms with Gasteiger partial charge in [0.25, 0.3) is 0 Å². The summed E-state index contributed by atoms with van der Waals surface area (Å²) < 4.78 is 5.72. The summed E-state index contributed by atoms with van der Waals surface area (Å²) in [5.41, 5.74) is 6.11. The van der Waals surface area contributed by atoms with Gasteiger partial charge in [-0.1, -0.05) is 24.4 Å². The van der Waals surface area contributed by atoms with Crippen LogP contribution in [-0.4, -0.2) is 29.2 Å². The summed E-state index contributed by atoms with van der Waals surface area (Å²) in [6.07, 6.45) is 6.75. The van der Waals surface area contributed by atoms with Gasteiger partial charge in [-0.2, -0.15) is 0 Å². The average Bonchev–Trinajstić information content (AvgIpc) is 2.83. The fraction of sp³-hybridized carbons (Fsp3) is 0.636. The molecule has 1 saturated carbocycles. The van der Waals surface area contributed by atoms with E-state index in [0.29, 0.717) is 30.8 Å². The Morgan fingerprint density at radius 1 is 1.41 bits per heavy atom. The molecule has 1 aromatic heterocycles. The van der Waals surface area contributed by atoms with Crippen LogP contribution in [0.4, 0.5) is 11.5 Å².